The Bertz CT molecular complexity index is 1080. The smallest absolute Gasteiger partial charge is 0.409 e. The lowest BCUT2D eigenvalue weighted by molar-refractivity contribution is 0.388. The molecular weight excluding hydrogens is 511 g/mol. The van der Waals surface area contributed by atoms with Crippen molar-refractivity contribution in [3.05, 3.63) is 125 Å². The van der Waals surface area contributed by atoms with Crippen LogP contribution < -0.4 is 13.6 Å². The summed E-state index contributed by atoms with van der Waals surface area (Å²) in [6.07, 6.45) is 11.1. The Hall–Kier alpha value is -3.29. The summed E-state index contributed by atoms with van der Waals surface area (Å²) >= 11 is 0. The molecule has 212 valence electrons. The van der Waals surface area contributed by atoms with Crippen LogP contribution in [-0.4, -0.2) is 0 Å². The largest absolute Gasteiger partial charge is 0.530 e. The highest BCUT2D eigenvalue weighted by atomic mass is 31.2. The number of benzene rings is 4. The van der Waals surface area contributed by atoms with E-state index in [-0.39, 0.29) is 0 Å². The summed E-state index contributed by atoms with van der Waals surface area (Å²) < 4.78 is 17.9. The second kappa shape index (κ2) is 18.1. The predicted molar refractivity (Wildman–Crippen MR) is 170 cm³/mol. The van der Waals surface area contributed by atoms with E-state index in [1.807, 2.05) is 93.6 Å². The predicted octanol–water partition coefficient (Wildman–Crippen LogP) is 11.4. The highest BCUT2D eigenvalue weighted by Gasteiger charge is 2.19. The lowest BCUT2D eigenvalue weighted by Crippen LogP contribution is -2.02. The third-order valence-corrected chi connectivity index (χ3v) is 7.59. The van der Waals surface area contributed by atoms with Gasteiger partial charge in [0.2, 0.25) is 0 Å². The minimum Gasteiger partial charge on any atom is -0.409 e. The van der Waals surface area contributed by atoms with Crippen molar-refractivity contribution < 1.29 is 13.6 Å². The molecule has 0 saturated heterocycles. The van der Waals surface area contributed by atoms with Gasteiger partial charge in [0.05, 0.1) is 0 Å². The zero-order valence-corrected chi connectivity index (χ0v) is 25.5. The van der Waals surface area contributed by atoms with Gasteiger partial charge in [0.15, 0.2) is 0 Å². The monoisotopic (exact) mass is 556 g/mol. The first-order valence-corrected chi connectivity index (χ1v) is 15.7. The average Bonchev–Trinajstić information content (AvgIpc) is 2.97. The molecule has 0 saturated carbocycles. The Morgan fingerprint density at radius 3 is 1.23 bits per heavy atom. The van der Waals surface area contributed by atoms with Gasteiger partial charge >= 0.3 is 8.60 Å². The van der Waals surface area contributed by atoms with Crippen LogP contribution in [0.2, 0.25) is 0 Å². The molecule has 0 atom stereocenters. The molecule has 4 heteroatoms. The van der Waals surface area contributed by atoms with Crippen molar-refractivity contribution in [1.82, 2.24) is 0 Å². The van der Waals surface area contributed by atoms with Crippen LogP contribution in [0.5, 0.6) is 17.2 Å². The van der Waals surface area contributed by atoms with E-state index in [1.165, 1.54) is 73.6 Å². The van der Waals surface area contributed by atoms with Gasteiger partial charge in [-0.15, -0.1) is 0 Å². The molecule has 0 aliphatic carbocycles. The van der Waals surface area contributed by atoms with Crippen LogP contribution in [-0.2, 0) is 6.42 Å². The Balaban J connectivity index is 0.000000252. The van der Waals surface area contributed by atoms with Gasteiger partial charge in [-0.1, -0.05) is 129 Å². The van der Waals surface area contributed by atoms with Crippen LogP contribution in [0.1, 0.15) is 74.1 Å². The van der Waals surface area contributed by atoms with E-state index in [0.29, 0.717) is 0 Å². The molecule has 4 rings (SSSR count). The fraction of sp³-hybridized carbons (Fsp3) is 0.333. The van der Waals surface area contributed by atoms with Gasteiger partial charge in [0.25, 0.3) is 0 Å². The van der Waals surface area contributed by atoms with Gasteiger partial charge in [0, 0.05) is 0 Å². The van der Waals surface area contributed by atoms with E-state index in [2.05, 4.69) is 37.3 Å². The van der Waals surface area contributed by atoms with Crippen molar-refractivity contribution in [3.63, 3.8) is 0 Å². The maximum atomic E-state index is 5.96. The van der Waals surface area contributed by atoms with Gasteiger partial charge in [-0.25, -0.2) is 0 Å². The zero-order chi connectivity index (χ0) is 28.4. The molecule has 4 aromatic carbocycles. The van der Waals surface area contributed by atoms with Crippen LogP contribution in [0.25, 0.3) is 0 Å². The molecule has 0 aliphatic heterocycles. The van der Waals surface area contributed by atoms with Crippen molar-refractivity contribution in [1.29, 1.82) is 0 Å². The SMILES string of the molecule is CCCCCCCCCc1ccccc1.Cc1ccc(OP(Oc2ccc(C)cc2)Oc2ccc(C)cc2)cc1. The Morgan fingerprint density at radius 1 is 0.450 bits per heavy atom. The molecule has 0 aromatic heterocycles. The first-order chi connectivity index (χ1) is 19.5. The van der Waals surface area contributed by atoms with Crippen LogP contribution in [0.3, 0.4) is 0 Å². The van der Waals surface area contributed by atoms with Crippen molar-refractivity contribution in [2.45, 2.75) is 79.1 Å². The fourth-order valence-corrected chi connectivity index (χ4v) is 5.04. The first kappa shape index (κ1) is 31.2. The number of hydrogen-bond donors (Lipinski definition) is 0. The minimum atomic E-state index is -1.62. The van der Waals surface area contributed by atoms with E-state index >= 15 is 0 Å². The Labute approximate surface area is 243 Å². The molecule has 4 aromatic rings. The molecule has 40 heavy (non-hydrogen) atoms. The van der Waals surface area contributed by atoms with Gasteiger partial charge < -0.3 is 13.6 Å². The number of aryl methyl sites for hydroxylation is 4. The molecular formula is C36H45O3P. The van der Waals surface area contributed by atoms with Gasteiger partial charge in [-0.05, 0) is 75.6 Å². The van der Waals surface area contributed by atoms with Crippen LogP contribution in [0, 0.1) is 20.8 Å². The van der Waals surface area contributed by atoms with Crippen molar-refractivity contribution >= 4 is 8.60 Å². The van der Waals surface area contributed by atoms with E-state index in [4.69, 9.17) is 13.6 Å². The van der Waals surface area contributed by atoms with E-state index in [9.17, 15) is 0 Å². The van der Waals surface area contributed by atoms with Crippen molar-refractivity contribution in [3.8, 4) is 17.2 Å². The van der Waals surface area contributed by atoms with Crippen molar-refractivity contribution in [2.24, 2.45) is 0 Å². The highest BCUT2D eigenvalue weighted by Crippen LogP contribution is 2.42. The number of rotatable bonds is 14. The summed E-state index contributed by atoms with van der Waals surface area (Å²) in [5.41, 5.74) is 5.02. The van der Waals surface area contributed by atoms with E-state index in [0.717, 1.165) is 17.2 Å². The second-order valence-corrected chi connectivity index (χ2v) is 11.3. The molecule has 0 unspecified atom stereocenters. The summed E-state index contributed by atoms with van der Waals surface area (Å²) in [7, 11) is -1.62. The highest BCUT2D eigenvalue weighted by molar-refractivity contribution is 7.43. The topological polar surface area (TPSA) is 27.7 Å². The van der Waals surface area contributed by atoms with Crippen LogP contribution in [0.4, 0.5) is 0 Å². The maximum absolute atomic E-state index is 5.96. The lowest BCUT2D eigenvalue weighted by Gasteiger charge is -2.18. The Morgan fingerprint density at radius 2 is 0.825 bits per heavy atom. The summed E-state index contributed by atoms with van der Waals surface area (Å²) in [6, 6.07) is 34.3. The normalized spacial score (nSPS) is 10.5. The zero-order valence-electron chi connectivity index (χ0n) is 24.6. The van der Waals surface area contributed by atoms with E-state index < -0.39 is 8.60 Å². The fourth-order valence-electron chi connectivity index (χ4n) is 4.04. The summed E-state index contributed by atoms with van der Waals surface area (Å²) in [4.78, 5) is 0. The standard InChI is InChI=1S/C21H21O3P.C15H24/c1-16-4-10-19(11-5-16)22-25(23-20-12-6-17(2)7-13-20)24-21-14-8-18(3)9-15-21;1-2-3-4-5-6-7-9-12-15-13-10-8-11-14-15/h4-15H,1-3H3;8,10-11,13-14H,2-7,9,12H2,1H3. The molecule has 0 spiro atoms. The Kier molecular flexibility index (Phi) is 14.2. The second-order valence-electron chi connectivity index (χ2n) is 10.3. The van der Waals surface area contributed by atoms with E-state index in [1.54, 1.807) is 0 Å². The quantitative estimate of drug-likeness (QED) is 0.114. The molecule has 3 nitrogen and oxygen atoms in total. The van der Waals surface area contributed by atoms with Gasteiger partial charge in [-0.3, -0.25) is 0 Å². The molecule has 0 bridgehead atoms. The molecule has 0 amide bonds. The van der Waals surface area contributed by atoms with Crippen molar-refractivity contribution in [2.75, 3.05) is 0 Å². The molecule has 0 fully saturated rings. The third kappa shape index (κ3) is 12.7. The van der Waals surface area contributed by atoms with Crippen LogP contribution in [0.15, 0.2) is 103 Å². The summed E-state index contributed by atoms with van der Waals surface area (Å²) in [6.45, 7) is 8.39. The third-order valence-electron chi connectivity index (χ3n) is 6.51. The number of unbranched alkanes of at least 4 members (excludes halogenated alkanes) is 6. The minimum absolute atomic E-state index is 0.718. The lowest BCUT2D eigenvalue weighted by atomic mass is 10.0. The average molecular weight is 557 g/mol. The molecule has 0 aliphatic rings. The summed E-state index contributed by atoms with van der Waals surface area (Å²) in [5, 5.41) is 0. The molecule has 0 N–H and O–H groups in total. The van der Waals surface area contributed by atoms with Crippen LogP contribution >= 0.6 is 8.60 Å². The molecule has 0 radical (unpaired) electrons. The molecule has 0 heterocycles. The maximum Gasteiger partial charge on any atom is 0.530 e. The van der Waals surface area contributed by atoms with Gasteiger partial charge in [0.1, 0.15) is 17.2 Å². The van der Waals surface area contributed by atoms with Gasteiger partial charge in [-0.2, -0.15) is 0 Å². The first-order valence-electron chi connectivity index (χ1n) is 14.6. The summed E-state index contributed by atoms with van der Waals surface area (Å²) in [5.74, 6) is 2.16. The number of hydrogen-bond acceptors (Lipinski definition) is 3.